The van der Waals surface area contributed by atoms with Gasteiger partial charge < -0.3 is 10.7 Å². The van der Waals surface area contributed by atoms with Gasteiger partial charge in [0.1, 0.15) is 0 Å². The molecule has 2 aromatic rings. The lowest BCUT2D eigenvalue weighted by atomic mass is 10.0. The second-order valence-corrected chi connectivity index (χ2v) is 3.98. The molecule has 0 atom stereocenters. The zero-order valence-electron chi connectivity index (χ0n) is 9.93. The molecule has 1 aromatic carbocycles. The number of rotatable bonds is 2. The van der Waals surface area contributed by atoms with Gasteiger partial charge in [-0.15, -0.1) is 0 Å². The third-order valence-corrected chi connectivity index (χ3v) is 3.11. The van der Waals surface area contributed by atoms with Gasteiger partial charge in [-0.2, -0.15) is 0 Å². The first-order valence-electron chi connectivity index (χ1n) is 5.54. The van der Waals surface area contributed by atoms with E-state index in [1.807, 2.05) is 38.4 Å². The first-order chi connectivity index (χ1) is 8.24. The molecule has 0 amide bonds. The zero-order chi connectivity index (χ0) is 12.8. The average molecular weight is 271 g/mol. The number of hydrogen-bond donors (Lipinski definition) is 2. The summed E-state index contributed by atoms with van der Waals surface area (Å²) in [7, 11) is 0. The number of nitrogens with two attached hydrogens (primary N) is 1. The van der Waals surface area contributed by atoms with E-state index in [1.165, 1.54) is 0 Å². The Bertz CT molecular complexity index is 478. The third kappa shape index (κ3) is 3.03. The molecule has 3 N–H and O–H groups in total. The van der Waals surface area contributed by atoms with E-state index in [1.54, 1.807) is 6.07 Å². The molecule has 0 saturated carbocycles. The Balaban J connectivity index is 0.000000686. The lowest BCUT2D eigenvalue weighted by molar-refractivity contribution is 1.08. The number of hydrogen-bond acceptors (Lipinski definition) is 1. The highest BCUT2D eigenvalue weighted by molar-refractivity contribution is 6.43. The van der Waals surface area contributed by atoms with Gasteiger partial charge in [0.05, 0.1) is 10.0 Å². The van der Waals surface area contributed by atoms with Crippen LogP contribution in [0.5, 0.6) is 0 Å². The van der Waals surface area contributed by atoms with Crippen LogP contribution in [0.25, 0.3) is 11.1 Å². The zero-order valence-corrected chi connectivity index (χ0v) is 11.4. The van der Waals surface area contributed by atoms with Crippen molar-refractivity contribution in [1.29, 1.82) is 0 Å². The lowest BCUT2D eigenvalue weighted by Crippen LogP contribution is -1.96. The lowest BCUT2D eigenvalue weighted by Gasteiger charge is -2.05. The molecule has 2 rings (SSSR count). The summed E-state index contributed by atoms with van der Waals surface area (Å²) < 4.78 is 0. The van der Waals surface area contributed by atoms with Crippen molar-refractivity contribution in [3.63, 3.8) is 0 Å². The molecule has 17 heavy (non-hydrogen) atoms. The molecule has 0 aliphatic rings. The van der Waals surface area contributed by atoms with Crippen LogP contribution < -0.4 is 5.73 Å². The number of H-pyrrole nitrogens is 1. The normalized spacial score (nSPS) is 9.71. The predicted octanol–water partition coefficient (Wildman–Crippen LogP) is 4.47. The maximum absolute atomic E-state index is 6.13. The first kappa shape index (κ1) is 14.1. The Kier molecular flexibility index (Phi) is 5.56. The van der Waals surface area contributed by atoms with Crippen molar-refractivity contribution in [3.05, 3.63) is 46.2 Å². The maximum Gasteiger partial charge on any atom is 0.0671 e. The van der Waals surface area contributed by atoms with Crippen LogP contribution in [-0.2, 0) is 6.54 Å². The van der Waals surface area contributed by atoms with Gasteiger partial charge in [-0.05, 0) is 11.6 Å². The minimum atomic E-state index is 0.474. The standard InChI is InChI=1S/C11H10Cl2N2.C2H6/c12-10-3-1-2-8(11(10)13)9-6-15-5-7(9)4-14;1-2/h1-3,5-6,15H,4,14H2;1-2H3. The van der Waals surface area contributed by atoms with Crippen molar-refractivity contribution < 1.29 is 0 Å². The van der Waals surface area contributed by atoms with E-state index < -0.39 is 0 Å². The van der Waals surface area contributed by atoms with Gasteiger partial charge in [-0.1, -0.05) is 49.2 Å². The van der Waals surface area contributed by atoms with Crippen LogP contribution in [0.2, 0.25) is 10.0 Å². The molecule has 0 unspecified atom stereocenters. The Morgan fingerprint density at radius 1 is 1.12 bits per heavy atom. The average Bonchev–Trinajstić information content (AvgIpc) is 2.83. The summed E-state index contributed by atoms with van der Waals surface area (Å²) in [5.41, 5.74) is 8.56. The van der Waals surface area contributed by atoms with E-state index in [0.717, 1.165) is 16.7 Å². The summed E-state index contributed by atoms with van der Waals surface area (Å²) in [6, 6.07) is 5.57. The van der Waals surface area contributed by atoms with Gasteiger partial charge in [0.2, 0.25) is 0 Å². The predicted molar refractivity (Wildman–Crippen MR) is 75.5 cm³/mol. The van der Waals surface area contributed by atoms with Gasteiger partial charge in [-0.25, -0.2) is 0 Å². The summed E-state index contributed by atoms with van der Waals surface area (Å²) in [6.07, 6.45) is 3.74. The van der Waals surface area contributed by atoms with Gasteiger partial charge in [-0.3, -0.25) is 0 Å². The Morgan fingerprint density at radius 3 is 2.47 bits per heavy atom. The fourth-order valence-electron chi connectivity index (χ4n) is 1.53. The molecular formula is C13H16Cl2N2. The summed E-state index contributed by atoms with van der Waals surface area (Å²) in [5.74, 6) is 0. The van der Waals surface area contributed by atoms with Gasteiger partial charge in [0, 0.05) is 30.1 Å². The maximum atomic E-state index is 6.13. The van der Waals surface area contributed by atoms with E-state index in [-0.39, 0.29) is 0 Å². The van der Waals surface area contributed by atoms with Crippen molar-refractivity contribution >= 4 is 23.2 Å². The van der Waals surface area contributed by atoms with E-state index in [4.69, 9.17) is 28.9 Å². The molecule has 92 valence electrons. The first-order valence-corrected chi connectivity index (χ1v) is 6.29. The summed E-state index contributed by atoms with van der Waals surface area (Å²) in [6.45, 7) is 4.47. The molecule has 1 aromatic heterocycles. The fourth-order valence-corrected chi connectivity index (χ4v) is 1.93. The fraction of sp³-hybridized carbons (Fsp3) is 0.231. The number of aromatic amines is 1. The molecule has 0 spiro atoms. The van der Waals surface area contributed by atoms with Gasteiger partial charge >= 0.3 is 0 Å². The van der Waals surface area contributed by atoms with Crippen LogP contribution in [0, 0.1) is 0 Å². The minimum absolute atomic E-state index is 0.474. The molecule has 0 radical (unpaired) electrons. The largest absolute Gasteiger partial charge is 0.367 e. The number of benzene rings is 1. The molecule has 0 bridgehead atoms. The second-order valence-electron chi connectivity index (χ2n) is 3.20. The molecule has 0 fully saturated rings. The molecule has 0 saturated heterocycles. The summed E-state index contributed by atoms with van der Waals surface area (Å²) in [5, 5.41) is 1.12. The van der Waals surface area contributed by atoms with Crippen molar-refractivity contribution in [3.8, 4) is 11.1 Å². The molecule has 4 heteroatoms. The Hall–Kier alpha value is -0.960. The topological polar surface area (TPSA) is 41.8 Å². The molecule has 0 aliphatic heterocycles. The highest BCUT2D eigenvalue weighted by atomic mass is 35.5. The smallest absolute Gasteiger partial charge is 0.0671 e. The van der Waals surface area contributed by atoms with Crippen LogP contribution in [0.15, 0.2) is 30.6 Å². The van der Waals surface area contributed by atoms with Crippen LogP contribution >= 0.6 is 23.2 Å². The van der Waals surface area contributed by atoms with Crippen molar-refractivity contribution in [1.82, 2.24) is 4.98 Å². The summed E-state index contributed by atoms with van der Waals surface area (Å²) >= 11 is 12.1. The monoisotopic (exact) mass is 270 g/mol. The SMILES string of the molecule is CC.NCc1c[nH]cc1-c1cccc(Cl)c1Cl. The quantitative estimate of drug-likeness (QED) is 0.831. The Labute approximate surface area is 112 Å². The minimum Gasteiger partial charge on any atom is -0.367 e. The van der Waals surface area contributed by atoms with E-state index in [2.05, 4.69) is 4.98 Å². The second kappa shape index (κ2) is 6.70. The van der Waals surface area contributed by atoms with Crippen LogP contribution in [0.3, 0.4) is 0 Å². The van der Waals surface area contributed by atoms with Gasteiger partial charge in [0.15, 0.2) is 0 Å². The van der Waals surface area contributed by atoms with Gasteiger partial charge in [0.25, 0.3) is 0 Å². The highest BCUT2D eigenvalue weighted by Crippen LogP contribution is 2.34. The number of aromatic nitrogens is 1. The number of halogens is 2. The van der Waals surface area contributed by atoms with E-state index >= 15 is 0 Å². The highest BCUT2D eigenvalue weighted by Gasteiger charge is 2.10. The van der Waals surface area contributed by atoms with E-state index in [0.29, 0.717) is 16.6 Å². The van der Waals surface area contributed by atoms with Crippen molar-refractivity contribution in [2.45, 2.75) is 20.4 Å². The van der Waals surface area contributed by atoms with Crippen LogP contribution in [-0.4, -0.2) is 4.98 Å². The summed E-state index contributed by atoms with van der Waals surface area (Å²) in [4.78, 5) is 3.01. The van der Waals surface area contributed by atoms with Crippen LogP contribution in [0.1, 0.15) is 19.4 Å². The molecule has 0 aliphatic carbocycles. The van der Waals surface area contributed by atoms with Crippen LogP contribution in [0.4, 0.5) is 0 Å². The molecule has 1 heterocycles. The Morgan fingerprint density at radius 2 is 1.82 bits per heavy atom. The molecule has 2 nitrogen and oxygen atoms in total. The van der Waals surface area contributed by atoms with Crippen molar-refractivity contribution in [2.24, 2.45) is 5.73 Å². The third-order valence-electron chi connectivity index (χ3n) is 2.29. The van der Waals surface area contributed by atoms with Crippen molar-refractivity contribution in [2.75, 3.05) is 0 Å². The number of nitrogens with one attached hydrogen (secondary N) is 1. The van der Waals surface area contributed by atoms with E-state index in [9.17, 15) is 0 Å². The molecular weight excluding hydrogens is 255 g/mol.